The Hall–Kier alpha value is -2.73. The van der Waals surface area contributed by atoms with Crippen LogP contribution >= 0.6 is 23.8 Å². The maximum atomic E-state index is 12.5. The Morgan fingerprint density at radius 3 is 1.97 bits per heavy atom. The molecule has 158 valence electrons. The first-order chi connectivity index (χ1) is 15.1. The van der Waals surface area contributed by atoms with Gasteiger partial charge in [-0.25, -0.2) is 0 Å². The summed E-state index contributed by atoms with van der Waals surface area (Å²) in [6.45, 7) is 3.21. The lowest BCUT2D eigenvalue weighted by Crippen LogP contribution is -2.53. The van der Waals surface area contributed by atoms with Gasteiger partial charge in [-0.2, -0.15) is 0 Å². The molecule has 0 atom stereocenters. The number of hydrogen-bond acceptors (Lipinski definition) is 3. The number of piperazine rings is 1. The fourth-order valence-electron chi connectivity index (χ4n) is 3.95. The summed E-state index contributed by atoms with van der Waals surface area (Å²) >= 11 is 11.5. The number of carbonyl (C=O) groups is 1. The SMILES string of the molecule is O=C(NC(=S)N1CCN(C(c2ccccc2)c2ccccc2)CC1)c1cccc(Cl)c1. The zero-order chi connectivity index (χ0) is 21.6. The van der Waals surface area contributed by atoms with Crippen LogP contribution in [0, 0.1) is 0 Å². The van der Waals surface area contributed by atoms with E-state index in [1.165, 1.54) is 11.1 Å². The van der Waals surface area contributed by atoms with Crippen LogP contribution in [0.3, 0.4) is 0 Å². The van der Waals surface area contributed by atoms with Crippen molar-refractivity contribution in [2.75, 3.05) is 26.2 Å². The molecule has 0 saturated carbocycles. The van der Waals surface area contributed by atoms with Crippen molar-refractivity contribution in [3.63, 3.8) is 0 Å². The number of nitrogens with one attached hydrogen (secondary N) is 1. The van der Waals surface area contributed by atoms with Gasteiger partial charge in [0, 0.05) is 36.8 Å². The van der Waals surface area contributed by atoms with E-state index in [1.54, 1.807) is 24.3 Å². The first kappa shape index (κ1) is 21.5. The van der Waals surface area contributed by atoms with Crippen LogP contribution in [0.25, 0.3) is 0 Å². The molecular weight excluding hydrogens is 426 g/mol. The molecule has 0 radical (unpaired) electrons. The summed E-state index contributed by atoms with van der Waals surface area (Å²) in [4.78, 5) is 17.0. The maximum Gasteiger partial charge on any atom is 0.257 e. The summed E-state index contributed by atoms with van der Waals surface area (Å²) < 4.78 is 0. The van der Waals surface area contributed by atoms with Crippen LogP contribution in [-0.2, 0) is 0 Å². The molecule has 0 unspecified atom stereocenters. The highest BCUT2D eigenvalue weighted by molar-refractivity contribution is 7.80. The van der Waals surface area contributed by atoms with Crippen LogP contribution < -0.4 is 5.32 Å². The fourth-order valence-corrected chi connectivity index (χ4v) is 4.41. The molecule has 31 heavy (non-hydrogen) atoms. The standard InChI is InChI=1S/C25H24ClN3OS/c26-22-13-7-12-21(18-22)24(30)27-25(31)29-16-14-28(15-17-29)23(19-8-3-1-4-9-19)20-10-5-2-6-11-20/h1-13,18,23H,14-17H2,(H,27,30,31). The van der Waals surface area contributed by atoms with Gasteiger partial charge >= 0.3 is 0 Å². The van der Waals surface area contributed by atoms with Crippen LogP contribution in [0.15, 0.2) is 84.9 Å². The van der Waals surface area contributed by atoms with Crippen LogP contribution in [0.1, 0.15) is 27.5 Å². The van der Waals surface area contributed by atoms with Crippen molar-refractivity contribution in [2.24, 2.45) is 0 Å². The van der Waals surface area contributed by atoms with Crippen molar-refractivity contribution < 1.29 is 4.79 Å². The maximum absolute atomic E-state index is 12.5. The summed E-state index contributed by atoms with van der Waals surface area (Å²) in [5, 5.41) is 3.83. The average molecular weight is 450 g/mol. The van der Waals surface area contributed by atoms with E-state index < -0.39 is 0 Å². The smallest absolute Gasteiger partial charge is 0.257 e. The van der Waals surface area contributed by atoms with Gasteiger partial charge < -0.3 is 4.90 Å². The van der Waals surface area contributed by atoms with Gasteiger partial charge in [-0.1, -0.05) is 78.3 Å². The van der Waals surface area contributed by atoms with Crippen molar-refractivity contribution in [1.29, 1.82) is 0 Å². The summed E-state index contributed by atoms with van der Waals surface area (Å²) in [6, 6.07) is 28.2. The normalized spacial score (nSPS) is 14.5. The molecule has 1 fully saturated rings. The minimum atomic E-state index is -0.235. The second kappa shape index (κ2) is 10.1. The Morgan fingerprint density at radius 1 is 0.839 bits per heavy atom. The van der Waals surface area contributed by atoms with Gasteiger partial charge in [-0.05, 0) is 41.5 Å². The number of thiocarbonyl (C=S) groups is 1. The molecule has 0 bridgehead atoms. The quantitative estimate of drug-likeness (QED) is 0.582. The van der Waals surface area contributed by atoms with Crippen molar-refractivity contribution in [3.05, 3.63) is 107 Å². The third-order valence-electron chi connectivity index (χ3n) is 5.50. The molecule has 0 aromatic heterocycles. The number of amides is 1. The zero-order valence-corrected chi connectivity index (χ0v) is 18.6. The third kappa shape index (κ3) is 5.31. The second-order valence-corrected chi connectivity index (χ2v) is 8.34. The topological polar surface area (TPSA) is 35.6 Å². The van der Waals surface area contributed by atoms with Crippen molar-refractivity contribution in [1.82, 2.24) is 15.1 Å². The van der Waals surface area contributed by atoms with Crippen LogP contribution in [-0.4, -0.2) is 47.0 Å². The van der Waals surface area contributed by atoms with E-state index in [9.17, 15) is 4.79 Å². The molecule has 4 nitrogen and oxygen atoms in total. The molecular formula is C25H24ClN3OS. The van der Waals surface area contributed by atoms with Crippen LogP contribution in [0.5, 0.6) is 0 Å². The zero-order valence-electron chi connectivity index (χ0n) is 17.1. The number of rotatable bonds is 4. The molecule has 3 aromatic rings. The van der Waals surface area contributed by atoms with Crippen molar-refractivity contribution in [2.45, 2.75) is 6.04 Å². The highest BCUT2D eigenvalue weighted by Crippen LogP contribution is 2.29. The summed E-state index contributed by atoms with van der Waals surface area (Å²) in [5.74, 6) is -0.235. The second-order valence-electron chi connectivity index (χ2n) is 7.52. The molecule has 1 aliphatic heterocycles. The van der Waals surface area contributed by atoms with E-state index in [-0.39, 0.29) is 11.9 Å². The number of carbonyl (C=O) groups excluding carboxylic acids is 1. The minimum absolute atomic E-state index is 0.194. The van der Waals surface area contributed by atoms with E-state index in [1.807, 2.05) is 12.1 Å². The molecule has 1 amide bonds. The summed E-state index contributed by atoms with van der Waals surface area (Å²) in [6.07, 6.45) is 0. The van der Waals surface area contributed by atoms with Gasteiger partial charge in [0.15, 0.2) is 5.11 Å². The highest BCUT2D eigenvalue weighted by atomic mass is 35.5. The summed E-state index contributed by atoms with van der Waals surface area (Å²) in [7, 11) is 0. The van der Waals surface area contributed by atoms with E-state index >= 15 is 0 Å². The Labute approximate surface area is 193 Å². The lowest BCUT2D eigenvalue weighted by molar-refractivity contribution is 0.0967. The van der Waals surface area contributed by atoms with E-state index in [0.717, 1.165) is 26.2 Å². The number of benzene rings is 3. The lowest BCUT2D eigenvalue weighted by atomic mass is 9.96. The van der Waals surface area contributed by atoms with Crippen molar-refractivity contribution >= 4 is 34.8 Å². The van der Waals surface area contributed by atoms with Crippen LogP contribution in [0.2, 0.25) is 5.02 Å². The minimum Gasteiger partial charge on any atom is -0.346 e. The first-order valence-electron chi connectivity index (χ1n) is 10.3. The average Bonchev–Trinajstić information content (AvgIpc) is 2.81. The number of hydrogen-bond donors (Lipinski definition) is 1. The Balaban J connectivity index is 1.42. The summed E-state index contributed by atoms with van der Waals surface area (Å²) in [5.41, 5.74) is 3.06. The molecule has 0 spiro atoms. The van der Waals surface area contributed by atoms with E-state index in [2.05, 4.69) is 63.6 Å². The Morgan fingerprint density at radius 2 is 1.42 bits per heavy atom. The molecule has 4 rings (SSSR count). The fraction of sp³-hybridized carbons (Fsp3) is 0.200. The lowest BCUT2D eigenvalue weighted by Gasteiger charge is -2.40. The van der Waals surface area contributed by atoms with Gasteiger partial charge in [-0.15, -0.1) is 0 Å². The number of halogens is 1. The van der Waals surface area contributed by atoms with Gasteiger partial charge in [0.1, 0.15) is 0 Å². The molecule has 3 aromatic carbocycles. The van der Waals surface area contributed by atoms with Gasteiger partial charge in [0.05, 0.1) is 6.04 Å². The van der Waals surface area contributed by atoms with Gasteiger partial charge in [0.2, 0.25) is 0 Å². The van der Waals surface area contributed by atoms with E-state index in [0.29, 0.717) is 15.7 Å². The molecule has 1 N–H and O–H groups in total. The highest BCUT2D eigenvalue weighted by Gasteiger charge is 2.27. The molecule has 1 aliphatic rings. The van der Waals surface area contributed by atoms with Crippen LogP contribution in [0.4, 0.5) is 0 Å². The van der Waals surface area contributed by atoms with Gasteiger partial charge in [0.25, 0.3) is 5.91 Å². The monoisotopic (exact) mass is 449 g/mol. The number of nitrogens with zero attached hydrogens (tertiary/aromatic N) is 2. The molecule has 0 aliphatic carbocycles. The molecule has 1 saturated heterocycles. The third-order valence-corrected chi connectivity index (χ3v) is 6.10. The Bertz CT molecular complexity index is 997. The van der Waals surface area contributed by atoms with Gasteiger partial charge in [-0.3, -0.25) is 15.0 Å². The molecule has 1 heterocycles. The predicted molar refractivity (Wildman–Crippen MR) is 129 cm³/mol. The Kier molecular flexibility index (Phi) is 6.97. The van der Waals surface area contributed by atoms with Crippen molar-refractivity contribution in [3.8, 4) is 0 Å². The largest absolute Gasteiger partial charge is 0.346 e. The van der Waals surface area contributed by atoms with E-state index in [4.69, 9.17) is 23.8 Å². The first-order valence-corrected chi connectivity index (χ1v) is 11.1. The molecule has 6 heteroatoms. The predicted octanol–water partition coefficient (Wildman–Crippen LogP) is 4.76.